The minimum absolute atomic E-state index is 0.0244. The van der Waals surface area contributed by atoms with E-state index in [2.05, 4.69) is 35.7 Å². The fraction of sp³-hybridized carbons (Fsp3) is 0.576. The molecule has 2 aromatic carbocycles. The molecule has 5 unspecified atom stereocenters. The predicted octanol–water partition coefficient (Wildman–Crippen LogP) is 7.59. The lowest BCUT2D eigenvalue weighted by Gasteiger charge is -2.60. The third kappa shape index (κ3) is 5.95. The van der Waals surface area contributed by atoms with Gasteiger partial charge in [0.1, 0.15) is 5.82 Å². The van der Waals surface area contributed by atoms with Gasteiger partial charge in [0.25, 0.3) is 0 Å². The fourth-order valence-corrected chi connectivity index (χ4v) is 10.5. The molecule has 1 aliphatic heterocycles. The molecule has 0 spiro atoms. The highest BCUT2D eigenvalue weighted by molar-refractivity contribution is 7.89. The number of nitrogens with zero attached hydrogens (tertiary/aromatic N) is 1. The van der Waals surface area contributed by atoms with E-state index in [1.807, 2.05) is 5.38 Å². The van der Waals surface area contributed by atoms with E-state index in [1.165, 1.54) is 47.7 Å². The van der Waals surface area contributed by atoms with Crippen LogP contribution in [0.5, 0.6) is 0 Å². The van der Waals surface area contributed by atoms with Crippen LogP contribution in [0, 0.1) is 29.5 Å². The molecule has 0 radical (unpaired) electrons. The van der Waals surface area contributed by atoms with Crippen LogP contribution in [-0.4, -0.2) is 44.5 Å². The van der Waals surface area contributed by atoms with Gasteiger partial charge in [-0.25, -0.2) is 17.5 Å². The monoisotopic (exact) mass is 651 g/mol. The molecule has 0 bridgehead atoms. The summed E-state index contributed by atoms with van der Waals surface area (Å²) in [7, 11) is -3.89. The molecule has 0 amide bonds. The van der Waals surface area contributed by atoms with Crippen LogP contribution >= 0.6 is 11.3 Å². The van der Waals surface area contributed by atoms with Gasteiger partial charge in [-0.3, -0.25) is 4.90 Å². The third-order valence-electron chi connectivity index (χ3n) is 10.4. The van der Waals surface area contributed by atoms with Crippen molar-refractivity contribution in [3.05, 3.63) is 64.8 Å². The van der Waals surface area contributed by atoms with Crippen molar-refractivity contribution < 1.29 is 26.0 Å². The van der Waals surface area contributed by atoms with Crippen molar-refractivity contribution in [2.75, 3.05) is 19.6 Å². The van der Waals surface area contributed by atoms with Crippen LogP contribution in [-0.2, 0) is 16.2 Å². The van der Waals surface area contributed by atoms with Crippen LogP contribution in [0.3, 0.4) is 0 Å². The number of sulfonamides is 1. The average Bonchev–Trinajstić information content (AvgIpc) is 3.74. The lowest BCUT2D eigenvalue weighted by molar-refractivity contribution is -0.137. The van der Waals surface area contributed by atoms with Gasteiger partial charge in [0.05, 0.1) is 10.5 Å². The van der Waals surface area contributed by atoms with Gasteiger partial charge in [-0.15, -0.1) is 11.3 Å². The molecule has 5 nitrogen and oxygen atoms in total. The Balaban J connectivity index is 1.41. The number of piperazine rings is 1. The Kier molecular flexibility index (Phi) is 8.67. The Morgan fingerprint density at radius 3 is 2.48 bits per heavy atom. The molecular weight excluding hydrogens is 611 g/mol. The zero-order valence-electron chi connectivity index (χ0n) is 25.3. The van der Waals surface area contributed by atoms with Crippen molar-refractivity contribution in [1.29, 1.82) is 0 Å². The first-order valence-electron chi connectivity index (χ1n) is 15.6. The Morgan fingerprint density at radius 2 is 1.82 bits per heavy atom. The molecule has 3 fully saturated rings. The van der Waals surface area contributed by atoms with Gasteiger partial charge < -0.3 is 5.32 Å². The van der Waals surface area contributed by atoms with Crippen LogP contribution in [0.2, 0.25) is 0 Å². The Hall–Kier alpha value is -2.05. The molecule has 5 atom stereocenters. The molecule has 240 valence electrons. The van der Waals surface area contributed by atoms with Crippen molar-refractivity contribution >= 4 is 31.4 Å². The standard InChI is InChI=1S/C33H41F4N3O2S2/c1-20(2)32(40-15-14-38-18-29(40)27-19-43-30-17-23(33(35,36)37)6-11-26(27)30)13-12-21(3)16-28(32)31(22-4-5-22)39-44(41,42)25-9-7-24(34)8-10-25/h6-11,17,19-22,28-29,31,38-39H,4-5,12-16,18H2,1-3H3. The van der Waals surface area contributed by atoms with Crippen molar-refractivity contribution in [3.63, 3.8) is 0 Å². The first kappa shape index (κ1) is 31.9. The number of benzene rings is 2. The number of hydrogen-bond donors (Lipinski definition) is 2. The van der Waals surface area contributed by atoms with Crippen molar-refractivity contribution in [3.8, 4) is 0 Å². The summed E-state index contributed by atoms with van der Waals surface area (Å²) in [6, 6.07) is 8.68. The number of fused-ring (bicyclic) bond motifs is 1. The molecule has 2 aliphatic carbocycles. The van der Waals surface area contributed by atoms with Crippen molar-refractivity contribution in [2.24, 2.45) is 23.7 Å². The molecule has 2 heterocycles. The van der Waals surface area contributed by atoms with Crippen molar-refractivity contribution in [1.82, 2.24) is 14.9 Å². The summed E-state index contributed by atoms with van der Waals surface area (Å²) in [5, 5.41) is 6.40. The van der Waals surface area contributed by atoms with Gasteiger partial charge >= 0.3 is 6.18 Å². The average molecular weight is 652 g/mol. The van der Waals surface area contributed by atoms with Gasteiger partial charge in [0, 0.05) is 42.0 Å². The van der Waals surface area contributed by atoms with Crippen LogP contribution in [0.4, 0.5) is 17.6 Å². The maximum Gasteiger partial charge on any atom is 0.416 e. The fourth-order valence-electron chi connectivity index (χ4n) is 8.07. The highest BCUT2D eigenvalue weighted by atomic mass is 32.2. The summed E-state index contributed by atoms with van der Waals surface area (Å²) >= 11 is 1.35. The Bertz CT molecular complexity index is 1590. The van der Waals surface area contributed by atoms with Gasteiger partial charge in [-0.05, 0) is 109 Å². The quantitative estimate of drug-likeness (QED) is 0.247. The second kappa shape index (κ2) is 12.0. The molecule has 1 saturated heterocycles. The zero-order chi connectivity index (χ0) is 31.4. The topological polar surface area (TPSA) is 61.4 Å². The second-order valence-corrected chi connectivity index (χ2v) is 16.0. The number of hydrogen-bond acceptors (Lipinski definition) is 5. The SMILES string of the molecule is CC1CCC(C(C)C)(N2CCNCC2c2csc3cc(C(F)(F)F)ccc23)C(C(NS(=O)(=O)c2ccc(F)cc2)C2CC2)C1. The van der Waals surface area contributed by atoms with E-state index in [1.54, 1.807) is 6.07 Å². The van der Waals surface area contributed by atoms with E-state index in [-0.39, 0.29) is 40.3 Å². The van der Waals surface area contributed by atoms with Crippen LogP contribution in [0.1, 0.15) is 70.0 Å². The van der Waals surface area contributed by atoms with E-state index >= 15 is 0 Å². The first-order chi connectivity index (χ1) is 20.8. The van der Waals surface area contributed by atoms with Gasteiger partial charge in [0.15, 0.2) is 0 Å². The van der Waals surface area contributed by atoms with E-state index in [0.717, 1.165) is 56.1 Å². The first-order valence-corrected chi connectivity index (χ1v) is 18.0. The summed E-state index contributed by atoms with van der Waals surface area (Å²) in [6.07, 6.45) is 0.320. The normalized spacial score (nSPS) is 28.0. The van der Waals surface area contributed by atoms with Crippen molar-refractivity contribution in [2.45, 2.75) is 81.6 Å². The number of nitrogens with one attached hydrogen (secondary N) is 2. The summed E-state index contributed by atoms with van der Waals surface area (Å²) in [5.74, 6) is 0.383. The summed E-state index contributed by atoms with van der Waals surface area (Å²) in [6.45, 7) is 8.93. The smallest absolute Gasteiger partial charge is 0.314 e. The molecular formula is C33H41F4N3O2S2. The number of thiophene rings is 1. The summed E-state index contributed by atoms with van der Waals surface area (Å²) in [4.78, 5) is 2.65. The lowest BCUT2D eigenvalue weighted by atomic mass is 9.59. The highest BCUT2D eigenvalue weighted by Gasteiger charge is 2.56. The zero-order valence-corrected chi connectivity index (χ0v) is 27.0. The van der Waals surface area contributed by atoms with E-state index in [9.17, 15) is 26.0 Å². The number of halogens is 4. The molecule has 11 heteroatoms. The van der Waals surface area contributed by atoms with E-state index in [4.69, 9.17) is 0 Å². The number of alkyl halides is 3. The van der Waals surface area contributed by atoms with Crippen LogP contribution < -0.4 is 10.0 Å². The summed E-state index contributed by atoms with van der Waals surface area (Å²) in [5.41, 5.74) is 0.0498. The molecule has 3 aromatic rings. The van der Waals surface area contributed by atoms with Crippen LogP contribution in [0.25, 0.3) is 10.1 Å². The van der Waals surface area contributed by atoms with E-state index in [0.29, 0.717) is 17.2 Å². The molecule has 2 N–H and O–H groups in total. The minimum atomic E-state index is -4.40. The van der Waals surface area contributed by atoms with Crippen LogP contribution in [0.15, 0.2) is 52.7 Å². The minimum Gasteiger partial charge on any atom is -0.314 e. The Labute approximate surface area is 261 Å². The molecule has 6 rings (SSSR count). The van der Waals surface area contributed by atoms with E-state index < -0.39 is 27.6 Å². The third-order valence-corrected chi connectivity index (χ3v) is 12.8. The molecule has 1 aromatic heterocycles. The summed E-state index contributed by atoms with van der Waals surface area (Å²) < 4.78 is 85.4. The van der Waals surface area contributed by atoms with Gasteiger partial charge in [0.2, 0.25) is 10.0 Å². The molecule has 44 heavy (non-hydrogen) atoms. The lowest BCUT2D eigenvalue weighted by Crippen LogP contribution is -2.68. The number of rotatable bonds is 8. The Morgan fingerprint density at radius 1 is 1.09 bits per heavy atom. The maximum atomic E-state index is 13.7. The molecule has 2 saturated carbocycles. The largest absolute Gasteiger partial charge is 0.416 e. The maximum absolute atomic E-state index is 13.7. The van der Waals surface area contributed by atoms with Gasteiger partial charge in [-0.1, -0.05) is 26.8 Å². The predicted molar refractivity (Wildman–Crippen MR) is 166 cm³/mol. The molecule has 3 aliphatic rings. The second-order valence-electron chi connectivity index (χ2n) is 13.4. The van der Waals surface area contributed by atoms with Gasteiger partial charge in [-0.2, -0.15) is 13.2 Å². The highest BCUT2D eigenvalue weighted by Crippen LogP contribution is 2.54.